The average molecular weight is 421 g/mol. The number of hydrogen-bond acceptors (Lipinski definition) is 6. The van der Waals surface area contributed by atoms with Crippen molar-refractivity contribution >= 4 is 44.8 Å². The first-order chi connectivity index (χ1) is 13.4. The van der Waals surface area contributed by atoms with Gasteiger partial charge in [0.15, 0.2) is 9.84 Å². The second-order valence-electron chi connectivity index (χ2n) is 6.04. The maximum atomic E-state index is 12.6. The van der Waals surface area contributed by atoms with Crippen LogP contribution in [0.3, 0.4) is 0 Å². The number of anilines is 2. The molecule has 3 rings (SSSR count). The molecule has 0 fully saturated rings. The Morgan fingerprint density at radius 2 is 2.04 bits per heavy atom. The van der Waals surface area contributed by atoms with Gasteiger partial charge in [-0.15, -0.1) is 11.8 Å². The van der Waals surface area contributed by atoms with Crippen molar-refractivity contribution in [1.82, 2.24) is 0 Å². The quantitative estimate of drug-likeness (QED) is 0.714. The van der Waals surface area contributed by atoms with Crippen molar-refractivity contribution in [2.24, 2.45) is 0 Å². The molecule has 0 saturated heterocycles. The lowest BCUT2D eigenvalue weighted by Crippen LogP contribution is -2.20. The van der Waals surface area contributed by atoms with Gasteiger partial charge in [0.2, 0.25) is 11.8 Å². The lowest BCUT2D eigenvalue weighted by molar-refractivity contribution is -0.116. The molecule has 0 unspecified atom stereocenters. The fourth-order valence-corrected chi connectivity index (χ4v) is 4.72. The number of sulfone groups is 1. The SMILES string of the molecule is CCOc1ccccc1NC(=O)CCS(=O)(=O)c1ccc2c(c1)NC(=O)CS2. The van der Waals surface area contributed by atoms with Crippen LogP contribution >= 0.6 is 11.8 Å². The van der Waals surface area contributed by atoms with Gasteiger partial charge in [0.1, 0.15) is 5.75 Å². The van der Waals surface area contributed by atoms with Gasteiger partial charge in [0.05, 0.1) is 34.4 Å². The number of nitrogens with one attached hydrogen (secondary N) is 2. The molecule has 2 aromatic carbocycles. The molecule has 7 nitrogen and oxygen atoms in total. The van der Waals surface area contributed by atoms with Gasteiger partial charge < -0.3 is 15.4 Å². The van der Waals surface area contributed by atoms with Crippen LogP contribution in [0.1, 0.15) is 13.3 Å². The Balaban J connectivity index is 1.66. The van der Waals surface area contributed by atoms with Crippen molar-refractivity contribution in [2.45, 2.75) is 23.1 Å². The summed E-state index contributed by atoms with van der Waals surface area (Å²) in [5.41, 5.74) is 0.984. The van der Waals surface area contributed by atoms with Crippen molar-refractivity contribution in [3.05, 3.63) is 42.5 Å². The third-order valence-electron chi connectivity index (χ3n) is 4.00. The topological polar surface area (TPSA) is 102 Å². The number of benzene rings is 2. The number of rotatable bonds is 7. The van der Waals surface area contributed by atoms with Crippen molar-refractivity contribution < 1.29 is 22.7 Å². The van der Waals surface area contributed by atoms with E-state index in [1.54, 1.807) is 30.3 Å². The van der Waals surface area contributed by atoms with E-state index in [2.05, 4.69) is 10.6 Å². The van der Waals surface area contributed by atoms with E-state index in [-0.39, 0.29) is 23.0 Å². The first-order valence-corrected chi connectivity index (χ1v) is 11.3. The fourth-order valence-electron chi connectivity index (χ4n) is 2.66. The van der Waals surface area contributed by atoms with Gasteiger partial charge >= 0.3 is 0 Å². The standard InChI is InChI=1S/C19H20N2O5S2/c1-2-26-16-6-4-3-5-14(16)20-18(22)9-10-28(24,25)13-7-8-17-15(11-13)21-19(23)12-27-17/h3-8,11H,2,9-10,12H2,1H3,(H,20,22)(H,21,23). The van der Waals surface area contributed by atoms with Gasteiger partial charge in [-0.05, 0) is 37.3 Å². The maximum absolute atomic E-state index is 12.6. The molecule has 0 bridgehead atoms. The van der Waals surface area contributed by atoms with Crippen LogP contribution in [0.2, 0.25) is 0 Å². The van der Waals surface area contributed by atoms with E-state index >= 15 is 0 Å². The third kappa shape index (κ3) is 4.85. The molecular weight excluding hydrogens is 400 g/mol. The van der Waals surface area contributed by atoms with Crippen LogP contribution in [0.25, 0.3) is 0 Å². The number of carbonyl (C=O) groups is 2. The van der Waals surface area contributed by atoms with Gasteiger partial charge in [0, 0.05) is 11.3 Å². The monoisotopic (exact) mass is 420 g/mol. The number of hydrogen-bond donors (Lipinski definition) is 2. The van der Waals surface area contributed by atoms with E-state index in [1.165, 1.54) is 23.9 Å². The minimum absolute atomic E-state index is 0.0802. The molecule has 1 aliphatic rings. The molecule has 0 saturated carbocycles. The zero-order valence-corrected chi connectivity index (χ0v) is 16.9. The number of ether oxygens (including phenoxy) is 1. The maximum Gasteiger partial charge on any atom is 0.234 e. The number of thioether (sulfide) groups is 1. The van der Waals surface area contributed by atoms with Crippen molar-refractivity contribution in [3.8, 4) is 5.75 Å². The smallest absolute Gasteiger partial charge is 0.234 e. The summed E-state index contributed by atoms with van der Waals surface area (Å²) in [6.07, 6.45) is -0.193. The highest BCUT2D eigenvalue weighted by Crippen LogP contribution is 2.33. The third-order valence-corrected chi connectivity index (χ3v) is 6.79. The number of para-hydroxylation sites is 2. The summed E-state index contributed by atoms with van der Waals surface area (Å²) in [6.45, 7) is 2.29. The second-order valence-corrected chi connectivity index (χ2v) is 9.17. The first kappa shape index (κ1) is 20.2. The fraction of sp³-hybridized carbons (Fsp3) is 0.263. The Morgan fingerprint density at radius 1 is 1.25 bits per heavy atom. The molecular formula is C19H20N2O5S2. The molecule has 0 aromatic heterocycles. The van der Waals surface area contributed by atoms with E-state index < -0.39 is 15.7 Å². The summed E-state index contributed by atoms with van der Waals surface area (Å²) in [5, 5.41) is 5.36. The minimum atomic E-state index is -3.67. The summed E-state index contributed by atoms with van der Waals surface area (Å²) in [5.74, 6) is -0.0843. The molecule has 0 aliphatic carbocycles. The van der Waals surface area contributed by atoms with E-state index in [4.69, 9.17) is 4.74 Å². The van der Waals surface area contributed by atoms with Crippen LogP contribution in [0.5, 0.6) is 5.75 Å². The molecule has 1 heterocycles. The van der Waals surface area contributed by atoms with Crippen molar-refractivity contribution in [1.29, 1.82) is 0 Å². The summed E-state index contributed by atoms with van der Waals surface area (Å²) in [6, 6.07) is 11.6. The molecule has 0 atom stereocenters. The van der Waals surface area contributed by atoms with Gasteiger partial charge in [-0.1, -0.05) is 12.1 Å². The van der Waals surface area contributed by atoms with Crippen LogP contribution in [-0.2, 0) is 19.4 Å². The number of amides is 2. The van der Waals surface area contributed by atoms with Crippen LogP contribution in [-0.4, -0.2) is 38.3 Å². The highest BCUT2D eigenvalue weighted by atomic mass is 32.2. The van der Waals surface area contributed by atoms with Crippen LogP contribution in [0.15, 0.2) is 52.3 Å². The molecule has 1 aliphatic heterocycles. The van der Waals surface area contributed by atoms with Crippen molar-refractivity contribution in [2.75, 3.05) is 28.7 Å². The average Bonchev–Trinajstić information content (AvgIpc) is 2.67. The van der Waals surface area contributed by atoms with E-state index in [0.717, 1.165) is 4.90 Å². The van der Waals surface area contributed by atoms with Gasteiger partial charge in [-0.25, -0.2) is 8.42 Å². The Kier molecular flexibility index (Phi) is 6.25. The predicted molar refractivity (Wildman–Crippen MR) is 109 cm³/mol. The summed E-state index contributed by atoms with van der Waals surface area (Å²) >= 11 is 1.36. The lowest BCUT2D eigenvalue weighted by atomic mass is 10.3. The normalized spacial score (nSPS) is 13.4. The minimum Gasteiger partial charge on any atom is -0.492 e. The summed E-state index contributed by atoms with van der Waals surface area (Å²) in [7, 11) is -3.67. The first-order valence-electron chi connectivity index (χ1n) is 8.70. The molecule has 148 valence electrons. The van der Waals surface area contributed by atoms with Crippen molar-refractivity contribution in [3.63, 3.8) is 0 Å². The summed E-state index contributed by atoms with van der Waals surface area (Å²) < 4.78 is 30.6. The molecule has 0 radical (unpaired) electrons. The Labute approximate surface area is 167 Å². The molecule has 28 heavy (non-hydrogen) atoms. The van der Waals surface area contributed by atoms with Crippen LogP contribution < -0.4 is 15.4 Å². The van der Waals surface area contributed by atoms with Crippen LogP contribution in [0.4, 0.5) is 11.4 Å². The largest absolute Gasteiger partial charge is 0.492 e. The lowest BCUT2D eigenvalue weighted by Gasteiger charge is -2.17. The molecule has 2 N–H and O–H groups in total. The molecule has 2 aromatic rings. The Bertz CT molecular complexity index is 1010. The van der Waals surface area contributed by atoms with Gasteiger partial charge in [-0.2, -0.15) is 0 Å². The zero-order chi connectivity index (χ0) is 20.1. The highest BCUT2D eigenvalue weighted by molar-refractivity contribution is 8.00. The van der Waals surface area contributed by atoms with Gasteiger partial charge in [0.25, 0.3) is 0 Å². The number of carbonyl (C=O) groups excluding carboxylic acids is 2. The van der Waals surface area contributed by atoms with E-state index in [1.807, 2.05) is 6.92 Å². The van der Waals surface area contributed by atoms with E-state index in [0.29, 0.717) is 29.5 Å². The van der Waals surface area contributed by atoms with E-state index in [9.17, 15) is 18.0 Å². The Morgan fingerprint density at radius 3 is 2.82 bits per heavy atom. The number of fused-ring (bicyclic) bond motifs is 1. The van der Waals surface area contributed by atoms with Gasteiger partial charge in [-0.3, -0.25) is 9.59 Å². The Hall–Kier alpha value is -2.52. The van der Waals surface area contributed by atoms with Crippen LogP contribution in [0, 0.1) is 0 Å². The zero-order valence-electron chi connectivity index (χ0n) is 15.2. The molecule has 0 spiro atoms. The predicted octanol–water partition coefficient (Wildman–Crippen LogP) is 2.93. The molecule has 9 heteroatoms. The highest BCUT2D eigenvalue weighted by Gasteiger charge is 2.21. The molecule has 2 amide bonds. The second kappa shape index (κ2) is 8.66. The summed E-state index contributed by atoms with van der Waals surface area (Å²) in [4.78, 5) is 24.6.